The van der Waals surface area contributed by atoms with Crippen molar-refractivity contribution in [2.75, 3.05) is 5.32 Å². The van der Waals surface area contributed by atoms with Gasteiger partial charge in [0.05, 0.1) is 15.5 Å². The van der Waals surface area contributed by atoms with Gasteiger partial charge in [0, 0.05) is 16.6 Å². The highest BCUT2D eigenvalue weighted by molar-refractivity contribution is 9.10. The van der Waals surface area contributed by atoms with Gasteiger partial charge in [0.25, 0.3) is 11.6 Å². The minimum Gasteiger partial charge on any atom is -0.439 e. The van der Waals surface area contributed by atoms with Gasteiger partial charge in [-0.05, 0) is 53.2 Å². The molecule has 8 nitrogen and oxygen atoms in total. The molecule has 1 aromatic heterocycles. The zero-order chi connectivity index (χ0) is 20.5. The molecule has 0 saturated carbocycles. The SMILES string of the molecule is Cc1ccc(S(=O)(=O)c2ccc(C(=O)Nc3ccc([N+](=O)[O-])cc3Br)o2)cc1. The van der Waals surface area contributed by atoms with E-state index in [4.69, 9.17) is 4.42 Å². The van der Waals surface area contributed by atoms with Crippen LogP contribution in [0.4, 0.5) is 11.4 Å². The number of non-ortho nitro benzene ring substituents is 1. The lowest BCUT2D eigenvalue weighted by molar-refractivity contribution is -0.384. The van der Waals surface area contributed by atoms with E-state index in [1.54, 1.807) is 12.1 Å². The molecular formula is C18H13BrN2O6S. The number of benzene rings is 2. The minimum absolute atomic E-state index is 0.0533. The second-order valence-corrected chi connectivity index (χ2v) is 8.55. The van der Waals surface area contributed by atoms with Gasteiger partial charge in [-0.25, -0.2) is 8.42 Å². The first-order valence-corrected chi connectivity index (χ1v) is 10.1. The summed E-state index contributed by atoms with van der Waals surface area (Å²) in [6.45, 7) is 1.84. The van der Waals surface area contributed by atoms with Crippen LogP contribution in [0.25, 0.3) is 0 Å². The highest BCUT2D eigenvalue weighted by Gasteiger charge is 2.24. The van der Waals surface area contributed by atoms with Crippen molar-refractivity contribution in [2.45, 2.75) is 16.9 Å². The summed E-state index contributed by atoms with van der Waals surface area (Å²) in [5.74, 6) is -0.907. The van der Waals surface area contributed by atoms with Gasteiger partial charge in [-0.2, -0.15) is 0 Å². The van der Waals surface area contributed by atoms with Gasteiger partial charge in [-0.3, -0.25) is 14.9 Å². The number of rotatable bonds is 5. The Labute approximate surface area is 168 Å². The van der Waals surface area contributed by atoms with E-state index in [0.29, 0.717) is 4.47 Å². The van der Waals surface area contributed by atoms with E-state index >= 15 is 0 Å². The lowest BCUT2D eigenvalue weighted by Gasteiger charge is -2.06. The third-order valence-electron chi connectivity index (χ3n) is 3.81. The number of hydrogen-bond donors (Lipinski definition) is 1. The number of nitrogens with zero attached hydrogens (tertiary/aromatic N) is 1. The third-order valence-corrected chi connectivity index (χ3v) is 6.11. The number of amides is 1. The molecule has 1 heterocycles. The maximum absolute atomic E-state index is 12.6. The Morgan fingerprint density at radius 1 is 1.11 bits per heavy atom. The predicted octanol–water partition coefficient (Wildman–Crippen LogP) is 4.34. The molecule has 10 heteroatoms. The molecule has 0 unspecified atom stereocenters. The Morgan fingerprint density at radius 2 is 1.79 bits per heavy atom. The maximum atomic E-state index is 12.6. The molecule has 0 aliphatic carbocycles. The Balaban J connectivity index is 1.83. The summed E-state index contributed by atoms with van der Waals surface area (Å²) in [6, 6.07) is 12.5. The quantitative estimate of drug-likeness (QED) is 0.442. The van der Waals surface area contributed by atoms with Crippen molar-refractivity contribution in [1.29, 1.82) is 0 Å². The van der Waals surface area contributed by atoms with Gasteiger partial charge in [-0.1, -0.05) is 17.7 Å². The number of furan rings is 1. The molecule has 2 aromatic carbocycles. The zero-order valence-electron chi connectivity index (χ0n) is 14.4. The predicted molar refractivity (Wildman–Crippen MR) is 104 cm³/mol. The molecule has 1 amide bonds. The number of aryl methyl sites for hydroxylation is 1. The number of nitrogens with one attached hydrogen (secondary N) is 1. The molecule has 0 aliphatic rings. The molecule has 0 radical (unpaired) electrons. The fraction of sp³-hybridized carbons (Fsp3) is 0.0556. The van der Waals surface area contributed by atoms with E-state index in [-0.39, 0.29) is 27.1 Å². The smallest absolute Gasteiger partial charge is 0.291 e. The highest BCUT2D eigenvalue weighted by atomic mass is 79.9. The Morgan fingerprint density at radius 3 is 2.39 bits per heavy atom. The molecule has 144 valence electrons. The monoisotopic (exact) mass is 464 g/mol. The number of hydrogen-bond acceptors (Lipinski definition) is 6. The molecule has 0 aliphatic heterocycles. The number of carbonyl (C=O) groups is 1. The molecule has 0 fully saturated rings. The van der Waals surface area contributed by atoms with E-state index < -0.39 is 20.7 Å². The van der Waals surface area contributed by atoms with Gasteiger partial charge >= 0.3 is 0 Å². The summed E-state index contributed by atoms with van der Waals surface area (Å²) in [5, 5.41) is 12.9. The first-order valence-electron chi connectivity index (χ1n) is 7.85. The Hall–Kier alpha value is -2.98. The molecule has 0 saturated heterocycles. The molecule has 0 spiro atoms. The van der Waals surface area contributed by atoms with Crippen molar-refractivity contribution < 1.29 is 22.6 Å². The number of halogens is 1. The zero-order valence-corrected chi connectivity index (χ0v) is 16.8. The average molecular weight is 465 g/mol. The normalized spacial score (nSPS) is 11.2. The van der Waals surface area contributed by atoms with Gasteiger partial charge in [-0.15, -0.1) is 0 Å². The molecule has 1 N–H and O–H groups in total. The van der Waals surface area contributed by atoms with Crippen LogP contribution in [0.15, 0.2) is 73.5 Å². The van der Waals surface area contributed by atoms with E-state index in [1.807, 2.05) is 6.92 Å². The number of nitro groups is 1. The van der Waals surface area contributed by atoms with Crippen molar-refractivity contribution in [2.24, 2.45) is 0 Å². The molecule has 3 rings (SSSR count). The van der Waals surface area contributed by atoms with E-state index in [9.17, 15) is 23.3 Å². The van der Waals surface area contributed by atoms with Crippen molar-refractivity contribution in [3.05, 3.63) is 80.5 Å². The maximum Gasteiger partial charge on any atom is 0.291 e. The van der Waals surface area contributed by atoms with Crippen LogP contribution in [0.2, 0.25) is 0 Å². The van der Waals surface area contributed by atoms with Gasteiger partial charge in [0.2, 0.25) is 14.9 Å². The Kier molecular flexibility index (Phi) is 5.34. The van der Waals surface area contributed by atoms with E-state index in [0.717, 1.165) is 5.56 Å². The van der Waals surface area contributed by atoms with Gasteiger partial charge in [0.1, 0.15) is 0 Å². The van der Waals surface area contributed by atoms with E-state index in [1.165, 1.54) is 42.5 Å². The Bertz CT molecular complexity index is 1170. The summed E-state index contributed by atoms with van der Waals surface area (Å²) < 4.78 is 30.7. The van der Waals surface area contributed by atoms with Crippen LogP contribution in [0, 0.1) is 17.0 Å². The fourth-order valence-electron chi connectivity index (χ4n) is 2.32. The molecular weight excluding hydrogens is 452 g/mol. The van der Waals surface area contributed by atoms with Crippen molar-refractivity contribution >= 4 is 43.0 Å². The summed E-state index contributed by atoms with van der Waals surface area (Å²) >= 11 is 3.14. The summed E-state index contributed by atoms with van der Waals surface area (Å²) in [6.07, 6.45) is 0. The molecule has 28 heavy (non-hydrogen) atoms. The number of nitro benzene ring substituents is 1. The van der Waals surface area contributed by atoms with Crippen LogP contribution < -0.4 is 5.32 Å². The fourth-order valence-corrected chi connectivity index (χ4v) is 3.96. The topological polar surface area (TPSA) is 120 Å². The largest absolute Gasteiger partial charge is 0.439 e. The average Bonchev–Trinajstić information content (AvgIpc) is 3.14. The lowest BCUT2D eigenvalue weighted by Crippen LogP contribution is -2.11. The van der Waals surface area contributed by atoms with Crippen molar-refractivity contribution in [3.8, 4) is 0 Å². The molecule has 0 atom stereocenters. The van der Waals surface area contributed by atoms with Crippen LogP contribution >= 0.6 is 15.9 Å². The van der Waals surface area contributed by atoms with Crippen LogP contribution in [0.5, 0.6) is 0 Å². The van der Waals surface area contributed by atoms with Crippen molar-refractivity contribution in [1.82, 2.24) is 0 Å². The van der Waals surface area contributed by atoms with E-state index in [2.05, 4.69) is 21.2 Å². The minimum atomic E-state index is -3.90. The standard InChI is InChI=1S/C18H13BrN2O6S/c1-11-2-5-13(6-3-11)28(25,26)17-9-8-16(27-17)18(22)20-15-7-4-12(21(23)24)10-14(15)19/h2-10H,1H3,(H,20,22). The first kappa shape index (κ1) is 19.8. The summed E-state index contributed by atoms with van der Waals surface area (Å²) in [4.78, 5) is 22.6. The number of anilines is 1. The summed E-state index contributed by atoms with van der Waals surface area (Å²) in [7, 11) is -3.90. The van der Waals surface area contributed by atoms with Crippen LogP contribution in [-0.2, 0) is 9.84 Å². The number of sulfone groups is 1. The van der Waals surface area contributed by atoms with Crippen molar-refractivity contribution in [3.63, 3.8) is 0 Å². The van der Waals surface area contributed by atoms with Crippen LogP contribution in [0.1, 0.15) is 16.1 Å². The van der Waals surface area contributed by atoms with Crippen LogP contribution in [-0.4, -0.2) is 19.2 Å². The van der Waals surface area contributed by atoms with Gasteiger partial charge < -0.3 is 9.73 Å². The van der Waals surface area contributed by atoms with Crippen LogP contribution in [0.3, 0.4) is 0 Å². The third kappa shape index (κ3) is 3.97. The van der Waals surface area contributed by atoms with Gasteiger partial charge in [0.15, 0.2) is 5.76 Å². The summed E-state index contributed by atoms with van der Waals surface area (Å²) in [5.41, 5.74) is 1.04. The lowest BCUT2D eigenvalue weighted by atomic mass is 10.2. The second-order valence-electron chi connectivity index (χ2n) is 5.81. The molecule has 3 aromatic rings. The second kappa shape index (κ2) is 7.56. The first-order chi connectivity index (χ1) is 13.2. The highest BCUT2D eigenvalue weighted by Crippen LogP contribution is 2.28. The number of carbonyl (C=O) groups excluding carboxylic acids is 1. The molecule has 0 bridgehead atoms.